The maximum absolute atomic E-state index is 13.1. The second-order valence-electron chi connectivity index (χ2n) is 7.70. The van der Waals surface area contributed by atoms with Gasteiger partial charge in [0.05, 0.1) is 12.2 Å². The summed E-state index contributed by atoms with van der Waals surface area (Å²) < 4.78 is 98.4. The lowest BCUT2D eigenvalue weighted by molar-refractivity contribution is -0.308. The van der Waals surface area contributed by atoms with Gasteiger partial charge >= 0.3 is 18.4 Å². The third-order valence-corrected chi connectivity index (χ3v) is 5.39. The van der Waals surface area contributed by atoms with Crippen LogP contribution in [0.5, 0.6) is 0 Å². The summed E-state index contributed by atoms with van der Waals surface area (Å²) in [5, 5.41) is 0. The predicted octanol–water partition coefficient (Wildman–Crippen LogP) is 4.12. The van der Waals surface area contributed by atoms with Crippen molar-refractivity contribution >= 4 is 6.09 Å². The van der Waals surface area contributed by atoms with Gasteiger partial charge in [-0.15, -0.1) is 0 Å². The number of ether oxygens (including phenoxy) is 2. The van der Waals surface area contributed by atoms with Crippen molar-refractivity contribution in [2.75, 3.05) is 32.8 Å². The Labute approximate surface area is 173 Å². The number of likely N-dealkylation sites (tertiary alicyclic amines) is 1. The van der Waals surface area contributed by atoms with Gasteiger partial charge in [-0.05, 0) is 30.5 Å². The van der Waals surface area contributed by atoms with Crippen molar-refractivity contribution in [3.63, 3.8) is 0 Å². The van der Waals surface area contributed by atoms with E-state index in [0.29, 0.717) is 26.2 Å². The van der Waals surface area contributed by atoms with E-state index in [1.54, 1.807) is 12.1 Å². The van der Waals surface area contributed by atoms with Gasteiger partial charge in [0, 0.05) is 32.7 Å². The van der Waals surface area contributed by atoms with Crippen LogP contribution in [0.25, 0.3) is 0 Å². The first-order valence-corrected chi connectivity index (χ1v) is 9.58. The van der Waals surface area contributed by atoms with Crippen LogP contribution in [-0.4, -0.2) is 72.7 Å². The van der Waals surface area contributed by atoms with Crippen LogP contribution in [0.2, 0.25) is 0 Å². The Hall–Kier alpha value is -2.08. The molecule has 2 aliphatic heterocycles. The maximum atomic E-state index is 13.1. The number of halogens is 7. The van der Waals surface area contributed by atoms with Crippen LogP contribution in [0, 0.1) is 5.82 Å². The molecule has 0 bridgehead atoms. The molecule has 3 rings (SSSR count). The summed E-state index contributed by atoms with van der Waals surface area (Å²) in [6.45, 7) is 1.83. The van der Waals surface area contributed by atoms with Crippen LogP contribution >= 0.6 is 0 Å². The number of carbonyl (C=O) groups is 1. The molecule has 174 valence electrons. The SMILES string of the molecule is O=C(OC(C(F)(F)F)C(F)(F)F)N1CCC2(CC1)CN(Cc1ccc(F)cc1)CCO2. The number of benzene rings is 1. The molecule has 31 heavy (non-hydrogen) atoms. The van der Waals surface area contributed by atoms with Gasteiger partial charge in [-0.2, -0.15) is 26.3 Å². The Morgan fingerprint density at radius 3 is 2.16 bits per heavy atom. The number of piperidine rings is 1. The van der Waals surface area contributed by atoms with Crippen LogP contribution in [0.15, 0.2) is 24.3 Å². The van der Waals surface area contributed by atoms with Crippen molar-refractivity contribution in [2.45, 2.75) is 43.4 Å². The van der Waals surface area contributed by atoms with Gasteiger partial charge in [-0.25, -0.2) is 9.18 Å². The molecule has 2 heterocycles. The fraction of sp³-hybridized carbons (Fsp3) is 0.632. The fourth-order valence-corrected chi connectivity index (χ4v) is 3.80. The van der Waals surface area contributed by atoms with Crippen LogP contribution in [0.3, 0.4) is 0 Å². The molecule has 2 saturated heterocycles. The van der Waals surface area contributed by atoms with Crippen molar-refractivity contribution in [2.24, 2.45) is 0 Å². The van der Waals surface area contributed by atoms with Crippen molar-refractivity contribution in [1.82, 2.24) is 9.80 Å². The van der Waals surface area contributed by atoms with E-state index in [0.717, 1.165) is 10.5 Å². The lowest BCUT2D eigenvalue weighted by Gasteiger charge is -2.47. The van der Waals surface area contributed by atoms with Gasteiger partial charge in [0.15, 0.2) is 0 Å². The second kappa shape index (κ2) is 8.81. The summed E-state index contributed by atoms with van der Waals surface area (Å²) in [6, 6.07) is 6.03. The van der Waals surface area contributed by atoms with Gasteiger partial charge in [-0.3, -0.25) is 4.90 Å². The third kappa shape index (κ3) is 6.00. The van der Waals surface area contributed by atoms with Crippen LogP contribution < -0.4 is 0 Å². The molecule has 0 aromatic heterocycles. The minimum atomic E-state index is -5.75. The average molecular weight is 458 g/mol. The Balaban J connectivity index is 1.56. The molecule has 1 amide bonds. The normalized spacial score (nSPS) is 20.3. The molecule has 5 nitrogen and oxygen atoms in total. The maximum Gasteiger partial charge on any atom is 0.434 e. The number of hydrogen-bond donors (Lipinski definition) is 0. The van der Waals surface area contributed by atoms with E-state index >= 15 is 0 Å². The van der Waals surface area contributed by atoms with Gasteiger partial charge in [0.2, 0.25) is 0 Å². The minimum Gasteiger partial charge on any atom is -0.426 e. The van der Waals surface area contributed by atoms with Crippen molar-refractivity contribution in [3.05, 3.63) is 35.6 Å². The molecule has 12 heteroatoms. The van der Waals surface area contributed by atoms with Crippen LogP contribution in [-0.2, 0) is 16.0 Å². The molecule has 0 N–H and O–H groups in total. The third-order valence-electron chi connectivity index (χ3n) is 5.39. The Morgan fingerprint density at radius 1 is 1.03 bits per heavy atom. The summed E-state index contributed by atoms with van der Waals surface area (Å²) in [5.41, 5.74) is 0.229. The van der Waals surface area contributed by atoms with E-state index in [4.69, 9.17) is 4.74 Å². The van der Waals surface area contributed by atoms with Crippen LogP contribution in [0.4, 0.5) is 35.5 Å². The molecule has 0 saturated carbocycles. The molecule has 2 fully saturated rings. The molecular weight excluding hydrogens is 437 g/mol. The highest BCUT2D eigenvalue weighted by molar-refractivity contribution is 5.68. The average Bonchev–Trinajstić information content (AvgIpc) is 2.67. The quantitative estimate of drug-likeness (QED) is 0.640. The molecule has 1 aromatic rings. The molecule has 1 aromatic carbocycles. The van der Waals surface area contributed by atoms with Gasteiger partial charge in [-0.1, -0.05) is 12.1 Å². The highest BCUT2D eigenvalue weighted by Crippen LogP contribution is 2.37. The number of morpholine rings is 1. The molecular formula is C19H21F7N2O3. The number of carbonyl (C=O) groups excluding carboxylic acids is 1. The van der Waals surface area contributed by atoms with Gasteiger partial charge in [0.25, 0.3) is 6.10 Å². The minimum absolute atomic E-state index is 0.0916. The Bertz CT molecular complexity index is 745. The summed E-state index contributed by atoms with van der Waals surface area (Å²) in [5.74, 6) is -0.347. The first-order valence-electron chi connectivity index (χ1n) is 9.58. The lowest BCUT2D eigenvalue weighted by atomic mass is 9.89. The lowest BCUT2D eigenvalue weighted by Crippen LogP contribution is -2.58. The Morgan fingerprint density at radius 2 is 1.61 bits per heavy atom. The molecule has 0 aliphatic carbocycles. The summed E-state index contributed by atoms with van der Waals surface area (Å²) >= 11 is 0. The van der Waals surface area contributed by atoms with Crippen LogP contribution in [0.1, 0.15) is 18.4 Å². The number of amides is 1. The summed E-state index contributed by atoms with van der Waals surface area (Å²) in [6.07, 6.45) is -16.8. The Kier molecular flexibility index (Phi) is 6.70. The molecule has 2 aliphatic rings. The van der Waals surface area contributed by atoms with E-state index in [1.807, 2.05) is 0 Å². The first kappa shape index (κ1) is 23.6. The summed E-state index contributed by atoms with van der Waals surface area (Å²) in [4.78, 5) is 14.8. The molecule has 0 unspecified atom stereocenters. The van der Waals surface area contributed by atoms with E-state index in [2.05, 4.69) is 9.64 Å². The monoisotopic (exact) mass is 458 g/mol. The van der Waals surface area contributed by atoms with Gasteiger partial charge < -0.3 is 14.4 Å². The van der Waals surface area contributed by atoms with Crippen molar-refractivity contribution in [3.8, 4) is 0 Å². The highest BCUT2D eigenvalue weighted by atomic mass is 19.4. The van der Waals surface area contributed by atoms with Crippen molar-refractivity contribution in [1.29, 1.82) is 0 Å². The van der Waals surface area contributed by atoms with Gasteiger partial charge in [0.1, 0.15) is 5.82 Å². The fourth-order valence-electron chi connectivity index (χ4n) is 3.80. The molecule has 0 radical (unpaired) electrons. The zero-order chi connectivity index (χ0) is 22.9. The summed E-state index contributed by atoms with van der Waals surface area (Å²) in [7, 11) is 0. The molecule has 1 spiro atoms. The number of alkyl halides is 6. The standard InChI is InChI=1S/C19H21F7N2O3/c20-14-3-1-13(2-4-14)11-27-9-10-30-17(12-27)5-7-28(8-6-17)16(29)31-15(18(21,22)23)19(24,25)26/h1-4,15H,5-12H2. The van der Waals surface area contributed by atoms with E-state index in [-0.39, 0.29) is 31.7 Å². The topological polar surface area (TPSA) is 42.0 Å². The first-order chi connectivity index (χ1) is 14.4. The molecule has 0 atom stereocenters. The number of hydrogen-bond acceptors (Lipinski definition) is 4. The smallest absolute Gasteiger partial charge is 0.426 e. The number of nitrogens with zero attached hydrogens (tertiary/aromatic N) is 2. The highest BCUT2D eigenvalue weighted by Gasteiger charge is 2.60. The van der Waals surface area contributed by atoms with E-state index < -0.39 is 30.2 Å². The largest absolute Gasteiger partial charge is 0.434 e. The van der Waals surface area contributed by atoms with E-state index in [1.165, 1.54) is 12.1 Å². The zero-order valence-corrected chi connectivity index (χ0v) is 16.3. The van der Waals surface area contributed by atoms with Crippen molar-refractivity contribution < 1.29 is 45.0 Å². The number of rotatable bonds is 3. The predicted molar refractivity (Wildman–Crippen MR) is 93.5 cm³/mol. The second-order valence-corrected chi connectivity index (χ2v) is 7.70. The van der Waals surface area contributed by atoms with E-state index in [9.17, 15) is 35.5 Å². The zero-order valence-electron chi connectivity index (χ0n) is 16.3.